The summed E-state index contributed by atoms with van der Waals surface area (Å²) < 4.78 is 26.9. The lowest BCUT2D eigenvalue weighted by Gasteiger charge is -2.22. The van der Waals surface area contributed by atoms with Crippen molar-refractivity contribution >= 4 is 17.6 Å². The van der Waals surface area contributed by atoms with Crippen LogP contribution in [0.15, 0.2) is 36.7 Å². The molecule has 9 heteroatoms. The number of rotatable bonds is 3. The molecule has 0 saturated carbocycles. The fourth-order valence-corrected chi connectivity index (χ4v) is 3.22. The average Bonchev–Trinajstić information content (AvgIpc) is 3.01. The Bertz CT molecular complexity index is 1050. The lowest BCUT2D eigenvalue weighted by atomic mass is 10.2. The molecule has 1 aliphatic rings. The van der Waals surface area contributed by atoms with Gasteiger partial charge < -0.3 is 15.1 Å². The first kappa shape index (κ1) is 23.2. The van der Waals surface area contributed by atoms with Crippen LogP contribution in [0.3, 0.4) is 0 Å². The maximum atomic E-state index is 13.8. The maximum Gasteiger partial charge on any atom is 0.321 e. The zero-order chi connectivity index (χ0) is 23.1. The highest BCUT2D eigenvalue weighted by Crippen LogP contribution is 2.16. The van der Waals surface area contributed by atoms with Crippen molar-refractivity contribution in [2.75, 3.05) is 52.1 Å². The van der Waals surface area contributed by atoms with Gasteiger partial charge in [-0.05, 0) is 38.7 Å². The molecule has 0 unspecified atom stereocenters. The van der Waals surface area contributed by atoms with E-state index in [1.165, 1.54) is 17.2 Å². The summed E-state index contributed by atoms with van der Waals surface area (Å²) in [6, 6.07) is 4.19. The molecule has 1 N–H and O–H groups in total. The van der Waals surface area contributed by atoms with Crippen LogP contribution in [0.25, 0.3) is 0 Å². The molecule has 0 bridgehead atoms. The normalized spacial score (nSPS) is 13.9. The Morgan fingerprint density at radius 3 is 2.59 bits per heavy atom. The second kappa shape index (κ2) is 10.7. The monoisotopic (exact) mass is 441 g/mol. The van der Waals surface area contributed by atoms with Crippen molar-refractivity contribution in [2.45, 2.75) is 6.42 Å². The summed E-state index contributed by atoms with van der Waals surface area (Å²) in [5.74, 6) is 4.28. The third-order valence-electron chi connectivity index (χ3n) is 4.86. The minimum Gasteiger partial charge on any atom is -0.337 e. The zero-order valence-electron chi connectivity index (χ0n) is 18.1. The number of pyridine rings is 1. The van der Waals surface area contributed by atoms with Crippen LogP contribution < -0.4 is 5.32 Å². The number of amides is 3. The van der Waals surface area contributed by atoms with E-state index in [9.17, 15) is 18.4 Å². The lowest BCUT2D eigenvalue weighted by Crippen LogP contribution is -2.39. The van der Waals surface area contributed by atoms with Crippen molar-refractivity contribution in [1.82, 2.24) is 19.7 Å². The summed E-state index contributed by atoms with van der Waals surface area (Å²) in [6.45, 7) is 2.10. The predicted octanol–water partition coefficient (Wildman–Crippen LogP) is 2.65. The van der Waals surface area contributed by atoms with Gasteiger partial charge in [0.05, 0.1) is 17.8 Å². The van der Waals surface area contributed by atoms with Gasteiger partial charge in [0.15, 0.2) is 0 Å². The standard InChI is InChI=1S/C23H25F2N5O2/c1-28(2)8-3-5-17-13-18(16-26-15-17)22(31)29-9-4-10-30(12-11-29)23(32)27-21-7-6-19(24)14-20(21)25/h6-7,13-16H,4,8-12H2,1-2H3,(H,27,32). The summed E-state index contributed by atoms with van der Waals surface area (Å²) in [4.78, 5) is 34.7. The van der Waals surface area contributed by atoms with Crippen molar-refractivity contribution in [3.63, 3.8) is 0 Å². The topological polar surface area (TPSA) is 68.8 Å². The highest BCUT2D eigenvalue weighted by Gasteiger charge is 2.23. The number of carbonyl (C=O) groups is 2. The van der Waals surface area contributed by atoms with Crippen molar-refractivity contribution in [1.29, 1.82) is 0 Å². The van der Waals surface area contributed by atoms with E-state index in [-0.39, 0.29) is 18.1 Å². The molecule has 2 aromatic rings. The van der Waals surface area contributed by atoms with Crippen LogP contribution >= 0.6 is 0 Å². The quantitative estimate of drug-likeness (QED) is 0.744. The van der Waals surface area contributed by atoms with Gasteiger partial charge in [-0.2, -0.15) is 0 Å². The third-order valence-corrected chi connectivity index (χ3v) is 4.86. The van der Waals surface area contributed by atoms with Crippen LogP contribution in [0.1, 0.15) is 22.3 Å². The molecule has 1 saturated heterocycles. The summed E-state index contributed by atoms with van der Waals surface area (Å²) in [7, 11) is 3.85. The van der Waals surface area contributed by atoms with E-state index >= 15 is 0 Å². The van der Waals surface area contributed by atoms with Crippen molar-refractivity contribution < 1.29 is 18.4 Å². The van der Waals surface area contributed by atoms with Gasteiger partial charge in [-0.1, -0.05) is 11.8 Å². The van der Waals surface area contributed by atoms with Crippen LogP contribution in [-0.2, 0) is 0 Å². The highest BCUT2D eigenvalue weighted by molar-refractivity contribution is 5.94. The van der Waals surface area contributed by atoms with E-state index < -0.39 is 17.7 Å². The molecule has 7 nitrogen and oxygen atoms in total. The molecule has 3 amide bonds. The van der Waals surface area contributed by atoms with E-state index in [2.05, 4.69) is 22.1 Å². The van der Waals surface area contributed by atoms with Gasteiger partial charge in [-0.15, -0.1) is 0 Å². The molecule has 1 aromatic heterocycles. The summed E-state index contributed by atoms with van der Waals surface area (Å²) in [5.41, 5.74) is 1.01. The number of hydrogen-bond acceptors (Lipinski definition) is 4. The smallest absolute Gasteiger partial charge is 0.321 e. The van der Waals surface area contributed by atoms with Crippen molar-refractivity contribution in [2.24, 2.45) is 0 Å². The Kier molecular flexibility index (Phi) is 7.73. The van der Waals surface area contributed by atoms with Crippen LogP contribution in [0.2, 0.25) is 0 Å². The Morgan fingerprint density at radius 1 is 1.09 bits per heavy atom. The van der Waals surface area contributed by atoms with Gasteiger partial charge >= 0.3 is 6.03 Å². The van der Waals surface area contributed by atoms with Gasteiger partial charge in [-0.3, -0.25) is 14.7 Å². The number of halogens is 2. The van der Waals surface area contributed by atoms with Crippen molar-refractivity contribution in [3.05, 3.63) is 59.4 Å². The first-order chi connectivity index (χ1) is 15.3. The molecule has 3 rings (SSSR count). The summed E-state index contributed by atoms with van der Waals surface area (Å²) in [6.07, 6.45) is 3.69. The zero-order valence-corrected chi connectivity index (χ0v) is 18.1. The molecule has 0 spiro atoms. The maximum absolute atomic E-state index is 13.8. The minimum atomic E-state index is -0.842. The molecule has 1 fully saturated rings. The van der Waals surface area contributed by atoms with Crippen LogP contribution in [-0.4, -0.2) is 78.4 Å². The number of anilines is 1. The van der Waals surface area contributed by atoms with Crippen LogP contribution in [0.5, 0.6) is 0 Å². The molecule has 168 valence electrons. The Morgan fingerprint density at radius 2 is 1.84 bits per heavy atom. The molecule has 0 atom stereocenters. The number of aromatic nitrogens is 1. The van der Waals surface area contributed by atoms with E-state index in [1.54, 1.807) is 17.2 Å². The van der Waals surface area contributed by atoms with E-state index in [0.29, 0.717) is 49.8 Å². The Hall–Kier alpha value is -3.51. The van der Waals surface area contributed by atoms with Crippen LogP contribution in [0, 0.1) is 23.5 Å². The fourth-order valence-electron chi connectivity index (χ4n) is 3.22. The Balaban J connectivity index is 1.61. The molecule has 0 radical (unpaired) electrons. The van der Waals surface area contributed by atoms with E-state index in [1.807, 2.05) is 19.0 Å². The number of urea groups is 1. The first-order valence-corrected chi connectivity index (χ1v) is 10.2. The Labute approximate surface area is 186 Å². The molecule has 2 heterocycles. The number of nitrogens with one attached hydrogen (secondary N) is 1. The van der Waals surface area contributed by atoms with Gasteiger partial charge in [-0.25, -0.2) is 13.6 Å². The number of carbonyl (C=O) groups excluding carboxylic acids is 2. The fraction of sp³-hybridized carbons (Fsp3) is 0.348. The number of nitrogens with zero attached hydrogens (tertiary/aromatic N) is 4. The average molecular weight is 441 g/mol. The van der Waals surface area contributed by atoms with Gasteiger partial charge in [0.25, 0.3) is 5.91 Å². The van der Waals surface area contributed by atoms with Gasteiger partial charge in [0, 0.05) is 50.2 Å². The van der Waals surface area contributed by atoms with E-state index in [0.717, 1.165) is 6.07 Å². The van der Waals surface area contributed by atoms with Gasteiger partial charge in [0.1, 0.15) is 11.6 Å². The largest absolute Gasteiger partial charge is 0.337 e. The number of benzene rings is 1. The predicted molar refractivity (Wildman–Crippen MR) is 117 cm³/mol. The molecule has 1 aliphatic heterocycles. The molecule has 32 heavy (non-hydrogen) atoms. The highest BCUT2D eigenvalue weighted by atomic mass is 19.1. The summed E-state index contributed by atoms with van der Waals surface area (Å²) in [5, 5.41) is 2.46. The van der Waals surface area contributed by atoms with Gasteiger partial charge in [0.2, 0.25) is 0 Å². The van der Waals surface area contributed by atoms with Crippen LogP contribution in [0.4, 0.5) is 19.3 Å². The second-order valence-corrected chi connectivity index (χ2v) is 7.69. The molecule has 1 aromatic carbocycles. The summed E-state index contributed by atoms with van der Waals surface area (Å²) >= 11 is 0. The minimum absolute atomic E-state index is 0.0909. The molecule has 0 aliphatic carbocycles. The third kappa shape index (κ3) is 6.25. The molecular weight excluding hydrogens is 416 g/mol. The lowest BCUT2D eigenvalue weighted by molar-refractivity contribution is 0.0762. The van der Waals surface area contributed by atoms with Crippen molar-refractivity contribution in [3.8, 4) is 11.8 Å². The SMILES string of the molecule is CN(C)CC#Cc1cncc(C(=O)N2CCCN(C(=O)Nc3ccc(F)cc3F)CC2)c1. The second-order valence-electron chi connectivity index (χ2n) is 7.69. The molecular formula is C23H25F2N5O2. The number of hydrogen-bond donors (Lipinski definition) is 1. The first-order valence-electron chi connectivity index (χ1n) is 10.2. The van der Waals surface area contributed by atoms with E-state index in [4.69, 9.17) is 0 Å².